The van der Waals surface area contributed by atoms with Gasteiger partial charge in [-0.1, -0.05) is 12.1 Å². The van der Waals surface area contributed by atoms with Crippen molar-refractivity contribution in [1.29, 1.82) is 0 Å². The van der Waals surface area contributed by atoms with Gasteiger partial charge in [0.05, 0.1) is 38.2 Å². The molecule has 0 aliphatic carbocycles. The van der Waals surface area contributed by atoms with Crippen molar-refractivity contribution in [1.82, 2.24) is 19.5 Å². The van der Waals surface area contributed by atoms with Crippen LogP contribution in [0, 0.1) is 25.2 Å². The second-order valence-electron chi connectivity index (χ2n) is 11.1. The minimum Gasteiger partial charge on any atom is -0.464 e. The van der Waals surface area contributed by atoms with E-state index >= 15 is 0 Å². The molecule has 2 aromatic heterocycles. The molecule has 2 aliphatic rings. The Hall–Kier alpha value is -4.54. The fraction of sp³-hybridized carbons (Fsp3) is 0.500. The van der Waals surface area contributed by atoms with Crippen LogP contribution >= 0.6 is 0 Å². The van der Waals surface area contributed by atoms with Gasteiger partial charge in [-0.05, 0) is 51.3 Å². The molecule has 0 bridgehead atoms. The van der Waals surface area contributed by atoms with E-state index in [0.717, 1.165) is 18.7 Å². The summed E-state index contributed by atoms with van der Waals surface area (Å²) >= 11 is 0. The summed E-state index contributed by atoms with van der Waals surface area (Å²) in [6, 6.07) is 6.99. The normalized spacial score (nSPS) is 22.6. The Morgan fingerprint density at radius 1 is 1.20 bits per heavy atom. The number of benzene rings is 1. The molecule has 0 radical (unpaired) electrons. The quantitative estimate of drug-likeness (QED) is 0.137. The van der Waals surface area contributed by atoms with Crippen LogP contribution in [0.1, 0.15) is 50.7 Å². The number of hydrogen-bond donors (Lipinski definition) is 1. The summed E-state index contributed by atoms with van der Waals surface area (Å²) in [7, 11) is 0. The van der Waals surface area contributed by atoms with Crippen molar-refractivity contribution in [2.24, 2.45) is 5.92 Å². The van der Waals surface area contributed by atoms with Gasteiger partial charge >= 0.3 is 11.9 Å². The topological polar surface area (TPSA) is 161 Å². The fourth-order valence-electron chi connectivity index (χ4n) is 5.95. The molecule has 2 N–H and O–H groups in total. The number of fused-ring (bicyclic) bond motifs is 1. The van der Waals surface area contributed by atoms with Gasteiger partial charge in [0.1, 0.15) is 23.6 Å². The molecule has 0 amide bonds. The van der Waals surface area contributed by atoms with Gasteiger partial charge in [-0.2, -0.15) is 0 Å². The van der Waals surface area contributed by atoms with Crippen molar-refractivity contribution in [3.05, 3.63) is 42.0 Å². The van der Waals surface area contributed by atoms with Crippen LogP contribution in [-0.2, 0) is 39.8 Å². The second kappa shape index (κ2) is 13.6. The van der Waals surface area contributed by atoms with E-state index in [0.29, 0.717) is 48.3 Å². The molecule has 2 aliphatic heterocycles. The number of carbonyl (C=O) groups excluding carboxylic acids is 3. The highest BCUT2D eigenvalue weighted by molar-refractivity contribution is 5.97. The number of imidazole rings is 1. The lowest BCUT2D eigenvalue weighted by molar-refractivity contribution is -0.177. The highest BCUT2D eigenvalue weighted by Crippen LogP contribution is 2.36. The van der Waals surface area contributed by atoms with Crippen LogP contribution in [-0.4, -0.2) is 81.9 Å². The molecule has 13 heteroatoms. The van der Waals surface area contributed by atoms with Crippen LogP contribution in [0.15, 0.2) is 30.6 Å². The Bertz CT molecular complexity index is 1590. The summed E-state index contributed by atoms with van der Waals surface area (Å²) in [5.41, 5.74) is 6.58. The zero-order chi connectivity index (χ0) is 32.1. The summed E-state index contributed by atoms with van der Waals surface area (Å²) in [6.07, 6.45) is 8.69. The number of nitrogens with two attached hydrogens (primary N) is 1. The van der Waals surface area contributed by atoms with E-state index in [1.165, 1.54) is 0 Å². The van der Waals surface area contributed by atoms with Crippen LogP contribution in [0.25, 0.3) is 11.2 Å². The predicted octanol–water partition coefficient (Wildman–Crippen LogP) is 2.55. The first-order valence-corrected chi connectivity index (χ1v) is 15.1. The van der Waals surface area contributed by atoms with Crippen LogP contribution in [0.4, 0.5) is 11.5 Å². The van der Waals surface area contributed by atoms with Crippen molar-refractivity contribution < 1.29 is 33.3 Å². The van der Waals surface area contributed by atoms with Crippen LogP contribution in [0.5, 0.6) is 0 Å². The van der Waals surface area contributed by atoms with Gasteiger partial charge in [-0.15, -0.1) is 12.3 Å². The number of nitrogens with zero attached hydrogens (tertiary/aromatic N) is 5. The van der Waals surface area contributed by atoms with Crippen molar-refractivity contribution in [3.8, 4) is 12.3 Å². The number of aldehydes is 1. The molecule has 238 valence electrons. The average Bonchev–Trinajstić information content (AvgIpc) is 3.78. The first-order valence-electron chi connectivity index (χ1n) is 15.1. The number of hydrogen-bond acceptors (Lipinski definition) is 12. The zero-order valence-electron chi connectivity index (χ0n) is 25.7. The number of aromatic nitrogens is 4. The van der Waals surface area contributed by atoms with Crippen LogP contribution < -0.4 is 10.6 Å². The Balaban J connectivity index is 1.32. The summed E-state index contributed by atoms with van der Waals surface area (Å²) < 4.78 is 24.7. The van der Waals surface area contributed by atoms with Crippen molar-refractivity contribution >= 4 is 40.9 Å². The molecular weight excluding hydrogens is 580 g/mol. The molecule has 1 aromatic carbocycles. The number of esters is 2. The summed E-state index contributed by atoms with van der Waals surface area (Å²) in [6.45, 7) is 6.15. The Kier molecular flexibility index (Phi) is 9.65. The molecule has 2 saturated heterocycles. The van der Waals surface area contributed by atoms with Gasteiger partial charge in [0.15, 0.2) is 17.8 Å². The number of carbonyl (C=O) groups is 3. The maximum absolute atomic E-state index is 13.2. The van der Waals surface area contributed by atoms with Gasteiger partial charge in [0.25, 0.3) is 0 Å². The van der Waals surface area contributed by atoms with Gasteiger partial charge in [0.2, 0.25) is 5.60 Å². The van der Waals surface area contributed by atoms with Crippen molar-refractivity contribution in [2.75, 3.05) is 37.0 Å². The number of terminal acetylenes is 1. The van der Waals surface area contributed by atoms with Crippen LogP contribution in [0.3, 0.4) is 0 Å². The molecule has 2 fully saturated rings. The minimum absolute atomic E-state index is 0.0635. The van der Waals surface area contributed by atoms with E-state index in [2.05, 4.69) is 20.9 Å². The number of rotatable bonds is 12. The van der Waals surface area contributed by atoms with Gasteiger partial charge in [0, 0.05) is 25.1 Å². The summed E-state index contributed by atoms with van der Waals surface area (Å²) in [4.78, 5) is 53.3. The van der Waals surface area contributed by atoms with E-state index in [9.17, 15) is 14.4 Å². The molecule has 13 nitrogen and oxygen atoms in total. The Morgan fingerprint density at radius 3 is 2.64 bits per heavy atom. The molecule has 3 aromatic rings. The van der Waals surface area contributed by atoms with Crippen molar-refractivity contribution in [3.63, 3.8) is 0 Å². The van der Waals surface area contributed by atoms with Gasteiger partial charge in [-0.25, -0.2) is 24.5 Å². The lowest BCUT2D eigenvalue weighted by atomic mass is 9.94. The third-order valence-electron chi connectivity index (χ3n) is 8.18. The third kappa shape index (κ3) is 6.48. The van der Waals surface area contributed by atoms with Crippen molar-refractivity contribution in [2.45, 2.75) is 70.4 Å². The van der Waals surface area contributed by atoms with Crippen LogP contribution in [0.2, 0.25) is 0 Å². The first-order chi connectivity index (χ1) is 21.7. The highest BCUT2D eigenvalue weighted by Gasteiger charge is 2.45. The van der Waals surface area contributed by atoms with E-state index in [-0.39, 0.29) is 43.4 Å². The van der Waals surface area contributed by atoms with Gasteiger partial charge in [-0.3, -0.25) is 9.36 Å². The molecule has 0 saturated carbocycles. The van der Waals surface area contributed by atoms with E-state index in [4.69, 9.17) is 31.1 Å². The summed E-state index contributed by atoms with van der Waals surface area (Å²) in [5, 5.41) is 0. The van der Waals surface area contributed by atoms with E-state index in [1.807, 2.05) is 29.2 Å². The summed E-state index contributed by atoms with van der Waals surface area (Å²) in [5.74, 6) is 2.07. The number of anilines is 2. The molecule has 5 atom stereocenters. The SMILES string of the molecule is C#CC1CC(n2cnc3c(N)nc(C)nc32)OC1COC(C=O)(Cc1ccc(N2CCCC2C(=O)OCC)cc1)C(=O)OCC. The van der Waals surface area contributed by atoms with Gasteiger partial charge < -0.3 is 29.6 Å². The molecule has 4 heterocycles. The molecule has 5 rings (SSSR count). The van der Waals surface area contributed by atoms with E-state index in [1.54, 1.807) is 31.7 Å². The lowest BCUT2D eigenvalue weighted by Gasteiger charge is -2.29. The smallest absolute Gasteiger partial charge is 0.346 e. The molecule has 0 spiro atoms. The average molecular weight is 619 g/mol. The lowest BCUT2D eigenvalue weighted by Crippen LogP contribution is -2.48. The standard InChI is InChI=1S/C32H38N6O7/c1-5-22-15-26(38-19-34-27-28(33)35-20(4)36-29(27)38)45-25(22)17-44-32(18-39,31(41)43-7-3)16-21-10-12-23(13-11-21)37-14-8-9-24(37)30(40)42-6-2/h1,10-13,18-19,22,24-26H,6-9,14-17H2,2-4H3,(H2,33,35,36). The molecule has 45 heavy (non-hydrogen) atoms. The Morgan fingerprint density at radius 2 is 1.96 bits per heavy atom. The third-order valence-corrected chi connectivity index (χ3v) is 8.18. The maximum Gasteiger partial charge on any atom is 0.346 e. The molecular formula is C32H38N6O7. The number of aryl methyl sites for hydroxylation is 1. The maximum atomic E-state index is 13.2. The minimum atomic E-state index is -1.93. The Labute approximate surface area is 261 Å². The van der Waals surface area contributed by atoms with E-state index < -0.39 is 23.9 Å². The number of ether oxygens (including phenoxy) is 4. The highest BCUT2D eigenvalue weighted by atomic mass is 16.6. The number of nitrogen functional groups attached to an aromatic ring is 1. The molecule has 5 unspecified atom stereocenters. The first kappa shape index (κ1) is 31.9. The predicted molar refractivity (Wildman–Crippen MR) is 164 cm³/mol. The largest absolute Gasteiger partial charge is 0.464 e. The second-order valence-corrected chi connectivity index (χ2v) is 11.1. The fourth-order valence-corrected chi connectivity index (χ4v) is 5.95. The monoisotopic (exact) mass is 618 g/mol. The zero-order valence-corrected chi connectivity index (χ0v) is 25.7.